The highest BCUT2D eigenvalue weighted by Gasteiger charge is 2.10. The van der Waals surface area contributed by atoms with E-state index in [4.69, 9.17) is 0 Å². The molecule has 3 aromatic heterocycles. The van der Waals surface area contributed by atoms with Gasteiger partial charge in [0.15, 0.2) is 0 Å². The van der Waals surface area contributed by atoms with Gasteiger partial charge in [0, 0.05) is 47.2 Å². The summed E-state index contributed by atoms with van der Waals surface area (Å²) in [5.41, 5.74) is 3.15. The van der Waals surface area contributed by atoms with Crippen molar-refractivity contribution in [3.63, 3.8) is 0 Å². The van der Waals surface area contributed by atoms with E-state index in [1.165, 1.54) is 23.5 Å². The van der Waals surface area contributed by atoms with Gasteiger partial charge in [-0.3, -0.25) is 20.1 Å². The first-order valence-corrected chi connectivity index (χ1v) is 9.43. The third-order valence-electron chi connectivity index (χ3n) is 3.94. The highest BCUT2D eigenvalue weighted by atomic mass is 32.1. The lowest BCUT2D eigenvalue weighted by molar-refractivity contribution is -0.384. The molecule has 3 heterocycles. The molecule has 4 aromatic rings. The number of nitrogens with zero attached hydrogens (tertiary/aromatic N) is 6. The third-order valence-corrected chi connectivity index (χ3v) is 4.75. The van der Waals surface area contributed by atoms with Gasteiger partial charge in [0.2, 0.25) is 4.80 Å². The second-order valence-corrected chi connectivity index (χ2v) is 6.71. The molecule has 0 radical (unpaired) electrons. The van der Waals surface area contributed by atoms with Gasteiger partial charge in [0.05, 0.1) is 28.7 Å². The molecule has 1 aromatic carbocycles. The Kier molecular flexibility index (Phi) is 5.30. The first kappa shape index (κ1) is 18.4. The van der Waals surface area contributed by atoms with E-state index >= 15 is 0 Å². The molecule has 4 rings (SSSR count). The quantitative estimate of drug-likeness (QED) is 0.286. The van der Waals surface area contributed by atoms with Crippen molar-refractivity contribution in [2.45, 2.75) is 0 Å². The predicted octanol–water partition coefficient (Wildman–Crippen LogP) is 4.03. The van der Waals surface area contributed by atoms with Crippen LogP contribution in [0.1, 0.15) is 5.56 Å². The molecule has 0 spiro atoms. The maximum Gasteiger partial charge on any atom is 0.269 e. The maximum absolute atomic E-state index is 10.9. The van der Waals surface area contributed by atoms with Crippen molar-refractivity contribution in [1.29, 1.82) is 0 Å². The van der Waals surface area contributed by atoms with Gasteiger partial charge in [-0.25, -0.2) is 9.67 Å². The SMILES string of the molecule is O=[N+]([O-])c1ccc(-c2csc(=Nc3cccnc3)n2N=Cc2cccnc2)cc1. The first-order valence-electron chi connectivity index (χ1n) is 8.55. The number of benzene rings is 1. The van der Waals surface area contributed by atoms with E-state index in [-0.39, 0.29) is 5.69 Å². The summed E-state index contributed by atoms with van der Waals surface area (Å²) in [6, 6.07) is 13.7. The summed E-state index contributed by atoms with van der Waals surface area (Å²) in [6.45, 7) is 0. The molecule has 0 aliphatic heterocycles. The molecule has 8 nitrogen and oxygen atoms in total. The number of rotatable bonds is 5. The zero-order valence-electron chi connectivity index (χ0n) is 15.0. The van der Waals surface area contributed by atoms with Gasteiger partial charge < -0.3 is 0 Å². The number of non-ortho nitro benzene ring substituents is 1. The Labute approximate surface area is 169 Å². The molecule has 0 fully saturated rings. The summed E-state index contributed by atoms with van der Waals surface area (Å²) in [5.74, 6) is 0. The second-order valence-electron chi connectivity index (χ2n) is 5.87. The lowest BCUT2D eigenvalue weighted by Crippen LogP contribution is -2.11. The van der Waals surface area contributed by atoms with Crippen molar-refractivity contribution in [2.75, 3.05) is 0 Å². The minimum atomic E-state index is -0.421. The fraction of sp³-hybridized carbons (Fsp3) is 0. The molecule has 0 aliphatic rings. The average Bonchev–Trinajstić information content (AvgIpc) is 3.16. The van der Waals surface area contributed by atoms with Crippen LogP contribution in [0, 0.1) is 10.1 Å². The minimum absolute atomic E-state index is 0.0367. The lowest BCUT2D eigenvalue weighted by atomic mass is 10.1. The number of nitro benzene ring substituents is 1. The van der Waals surface area contributed by atoms with Gasteiger partial charge >= 0.3 is 0 Å². The van der Waals surface area contributed by atoms with E-state index in [2.05, 4.69) is 20.1 Å². The van der Waals surface area contributed by atoms with Crippen molar-refractivity contribution < 1.29 is 4.92 Å². The van der Waals surface area contributed by atoms with Crippen LogP contribution in [-0.2, 0) is 0 Å². The second kappa shape index (κ2) is 8.36. The molecule has 29 heavy (non-hydrogen) atoms. The van der Waals surface area contributed by atoms with E-state index in [0.29, 0.717) is 10.5 Å². The minimum Gasteiger partial charge on any atom is -0.264 e. The van der Waals surface area contributed by atoms with E-state index in [1.54, 1.807) is 47.8 Å². The van der Waals surface area contributed by atoms with Crippen molar-refractivity contribution in [2.24, 2.45) is 10.1 Å². The van der Waals surface area contributed by atoms with Crippen LogP contribution in [0.4, 0.5) is 11.4 Å². The number of pyridine rings is 2. The summed E-state index contributed by atoms with van der Waals surface area (Å²) >= 11 is 1.42. The monoisotopic (exact) mass is 402 g/mol. The summed E-state index contributed by atoms with van der Waals surface area (Å²) in [7, 11) is 0. The maximum atomic E-state index is 10.9. The number of hydrogen-bond acceptors (Lipinski definition) is 7. The highest BCUT2D eigenvalue weighted by molar-refractivity contribution is 7.07. The topological polar surface area (TPSA) is 98.6 Å². The average molecular weight is 402 g/mol. The van der Waals surface area contributed by atoms with Crippen LogP contribution in [0.25, 0.3) is 11.3 Å². The number of thiazole rings is 1. The molecule has 0 aliphatic carbocycles. The highest BCUT2D eigenvalue weighted by Crippen LogP contribution is 2.23. The summed E-state index contributed by atoms with van der Waals surface area (Å²) in [5, 5.41) is 17.4. The molecule has 0 N–H and O–H groups in total. The van der Waals surface area contributed by atoms with Crippen LogP contribution in [0.2, 0.25) is 0 Å². The molecular weight excluding hydrogens is 388 g/mol. The summed E-state index contributed by atoms with van der Waals surface area (Å²) in [4.78, 5) is 24.0. The van der Waals surface area contributed by atoms with E-state index < -0.39 is 4.92 Å². The van der Waals surface area contributed by atoms with Gasteiger partial charge in [0.25, 0.3) is 5.69 Å². The summed E-state index contributed by atoms with van der Waals surface area (Å²) in [6.07, 6.45) is 8.45. The number of aromatic nitrogens is 3. The van der Waals surface area contributed by atoms with E-state index in [9.17, 15) is 10.1 Å². The van der Waals surface area contributed by atoms with Gasteiger partial charge in [0.1, 0.15) is 0 Å². The molecule has 142 valence electrons. The van der Waals surface area contributed by atoms with Crippen LogP contribution in [0.15, 0.2) is 88.8 Å². The number of nitro groups is 1. The Hall–Kier alpha value is -3.98. The smallest absolute Gasteiger partial charge is 0.264 e. The zero-order chi connectivity index (χ0) is 20.1. The standard InChI is InChI=1S/C20H14N6O2S/c27-26(28)18-7-5-16(6-8-18)19-14-29-20(24-17-4-2-10-22-13-17)25(19)23-12-15-3-1-9-21-11-15/h1-14H. The first-order chi connectivity index (χ1) is 14.2. The molecule has 0 saturated carbocycles. The van der Waals surface area contributed by atoms with Crippen LogP contribution in [0.3, 0.4) is 0 Å². The Bertz CT molecular complexity index is 1220. The lowest BCUT2D eigenvalue weighted by Gasteiger charge is -2.03. The zero-order valence-corrected chi connectivity index (χ0v) is 15.8. The van der Waals surface area contributed by atoms with Crippen LogP contribution in [0.5, 0.6) is 0 Å². The summed E-state index contributed by atoms with van der Waals surface area (Å²) < 4.78 is 1.70. The van der Waals surface area contributed by atoms with Crippen LogP contribution < -0.4 is 4.80 Å². The van der Waals surface area contributed by atoms with Gasteiger partial charge in [-0.05, 0) is 30.3 Å². The van der Waals surface area contributed by atoms with Gasteiger partial charge in [-0.2, -0.15) is 5.10 Å². The predicted molar refractivity (Wildman–Crippen MR) is 111 cm³/mol. The molecule has 0 atom stereocenters. The largest absolute Gasteiger partial charge is 0.269 e. The Balaban J connectivity index is 1.82. The van der Waals surface area contributed by atoms with Crippen molar-refractivity contribution in [1.82, 2.24) is 14.6 Å². The normalized spacial score (nSPS) is 11.8. The molecule has 0 unspecified atom stereocenters. The fourth-order valence-corrected chi connectivity index (χ4v) is 3.40. The van der Waals surface area contributed by atoms with Crippen molar-refractivity contribution in [3.05, 3.63) is 99.2 Å². The molecule has 9 heteroatoms. The Morgan fingerprint density at radius 3 is 2.45 bits per heavy atom. The van der Waals surface area contributed by atoms with E-state index in [1.807, 2.05) is 29.6 Å². The van der Waals surface area contributed by atoms with E-state index in [0.717, 1.165) is 16.8 Å². The van der Waals surface area contributed by atoms with Crippen molar-refractivity contribution >= 4 is 28.9 Å². The molecule has 0 amide bonds. The Morgan fingerprint density at radius 1 is 1.03 bits per heavy atom. The van der Waals surface area contributed by atoms with Gasteiger partial charge in [-0.15, -0.1) is 11.3 Å². The third kappa shape index (κ3) is 4.30. The number of hydrogen-bond donors (Lipinski definition) is 0. The molecular formula is C20H14N6O2S. The fourth-order valence-electron chi connectivity index (χ4n) is 2.55. The molecule has 0 bridgehead atoms. The van der Waals surface area contributed by atoms with Crippen molar-refractivity contribution in [3.8, 4) is 11.3 Å². The van der Waals surface area contributed by atoms with Gasteiger partial charge in [-0.1, -0.05) is 6.07 Å². The Morgan fingerprint density at radius 2 is 1.79 bits per heavy atom. The van der Waals surface area contributed by atoms with Crippen LogP contribution in [-0.4, -0.2) is 25.8 Å². The van der Waals surface area contributed by atoms with Crippen LogP contribution >= 0.6 is 11.3 Å². The molecule has 0 saturated heterocycles.